The SMILES string of the molecule is CC(C)(C)NC(N)=NCc1nc2ccccc2n1C1CC1. The molecule has 1 heterocycles. The molecule has 2 aromatic rings. The van der Waals surface area contributed by atoms with Gasteiger partial charge in [-0.1, -0.05) is 12.1 Å². The van der Waals surface area contributed by atoms with Gasteiger partial charge >= 0.3 is 0 Å². The fourth-order valence-electron chi connectivity index (χ4n) is 2.53. The third-order valence-corrected chi connectivity index (χ3v) is 3.47. The second-order valence-corrected chi connectivity index (χ2v) is 6.69. The monoisotopic (exact) mass is 285 g/mol. The highest BCUT2D eigenvalue weighted by atomic mass is 15.2. The van der Waals surface area contributed by atoms with Gasteiger partial charge in [0.2, 0.25) is 0 Å². The van der Waals surface area contributed by atoms with Crippen LogP contribution in [-0.4, -0.2) is 21.0 Å². The van der Waals surface area contributed by atoms with Crippen molar-refractivity contribution in [1.29, 1.82) is 0 Å². The van der Waals surface area contributed by atoms with Crippen LogP contribution in [0.25, 0.3) is 11.0 Å². The highest BCUT2D eigenvalue weighted by Crippen LogP contribution is 2.38. The molecule has 0 aliphatic heterocycles. The number of imidazole rings is 1. The molecule has 1 aromatic carbocycles. The zero-order chi connectivity index (χ0) is 15.0. The predicted octanol–water partition coefficient (Wildman–Crippen LogP) is 2.57. The summed E-state index contributed by atoms with van der Waals surface area (Å²) in [5.41, 5.74) is 8.11. The number of aromatic nitrogens is 2. The maximum Gasteiger partial charge on any atom is 0.189 e. The minimum atomic E-state index is -0.0792. The smallest absolute Gasteiger partial charge is 0.189 e. The van der Waals surface area contributed by atoms with Crippen molar-refractivity contribution in [3.05, 3.63) is 30.1 Å². The Morgan fingerprint density at radius 3 is 2.76 bits per heavy atom. The lowest BCUT2D eigenvalue weighted by atomic mass is 10.1. The minimum Gasteiger partial charge on any atom is -0.370 e. The summed E-state index contributed by atoms with van der Waals surface area (Å²) in [5, 5.41) is 3.18. The highest BCUT2D eigenvalue weighted by Gasteiger charge is 2.27. The van der Waals surface area contributed by atoms with E-state index in [0.29, 0.717) is 18.5 Å². The van der Waals surface area contributed by atoms with Gasteiger partial charge in [-0.05, 0) is 45.7 Å². The van der Waals surface area contributed by atoms with Gasteiger partial charge < -0.3 is 15.6 Å². The third-order valence-electron chi connectivity index (χ3n) is 3.47. The molecule has 0 radical (unpaired) electrons. The van der Waals surface area contributed by atoms with E-state index in [1.807, 2.05) is 6.07 Å². The molecule has 3 rings (SSSR count). The molecule has 21 heavy (non-hydrogen) atoms. The average molecular weight is 285 g/mol. The molecule has 0 spiro atoms. The number of nitrogens with two attached hydrogens (primary N) is 1. The molecular formula is C16H23N5. The van der Waals surface area contributed by atoms with Gasteiger partial charge in [0.25, 0.3) is 0 Å². The van der Waals surface area contributed by atoms with Crippen molar-refractivity contribution in [2.45, 2.75) is 51.7 Å². The van der Waals surface area contributed by atoms with Gasteiger partial charge in [0.1, 0.15) is 12.4 Å². The maximum atomic E-state index is 5.95. The minimum absolute atomic E-state index is 0.0792. The van der Waals surface area contributed by atoms with Crippen molar-refractivity contribution in [2.75, 3.05) is 0 Å². The van der Waals surface area contributed by atoms with Gasteiger partial charge in [-0.25, -0.2) is 9.98 Å². The van der Waals surface area contributed by atoms with E-state index in [4.69, 9.17) is 10.7 Å². The number of para-hydroxylation sites is 2. The van der Waals surface area contributed by atoms with Crippen LogP contribution in [0.15, 0.2) is 29.3 Å². The van der Waals surface area contributed by atoms with Gasteiger partial charge in [0, 0.05) is 11.6 Å². The first kappa shape index (κ1) is 13.9. The van der Waals surface area contributed by atoms with Crippen LogP contribution in [0.1, 0.15) is 45.5 Å². The summed E-state index contributed by atoms with van der Waals surface area (Å²) in [6.45, 7) is 6.71. The first-order chi connectivity index (χ1) is 9.94. The summed E-state index contributed by atoms with van der Waals surface area (Å²) in [6.07, 6.45) is 2.46. The van der Waals surface area contributed by atoms with Crippen molar-refractivity contribution >= 4 is 17.0 Å². The summed E-state index contributed by atoms with van der Waals surface area (Å²) in [5.74, 6) is 1.47. The molecular weight excluding hydrogens is 262 g/mol. The number of fused-ring (bicyclic) bond motifs is 1. The molecule has 5 nitrogen and oxygen atoms in total. The van der Waals surface area contributed by atoms with E-state index >= 15 is 0 Å². The summed E-state index contributed by atoms with van der Waals surface area (Å²) >= 11 is 0. The molecule has 1 fully saturated rings. The van der Waals surface area contributed by atoms with Crippen molar-refractivity contribution in [3.63, 3.8) is 0 Å². The number of nitrogens with one attached hydrogen (secondary N) is 1. The molecule has 0 saturated heterocycles. The Morgan fingerprint density at radius 1 is 1.38 bits per heavy atom. The summed E-state index contributed by atoms with van der Waals surface area (Å²) in [4.78, 5) is 9.16. The lowest BCUT2D eigenvalue weighted by molar-refractivity contribution is 0.507. The zero-order valence-corrected chi connectivity index (χ0v) is 12.9. The molecule has 1 saturated carbocycles. The van der Waals surface area contributed by atoms with Crippen LogP contribution >= 0.6 is 0 Å². The molecule has 0 amide bonds. The Kier molecular flexibility index (Phi) is 3.35. The quantitative estimate of drug-likeness (QED) is 0.672. The van der Waals surface area contributed by atoms with Gasteiger partial charge in [0.05, 0.1) is 11.0 Å². The number of aliphatic imine (C=N–C) groups is 1. The third kappa shape index (κ3) is 3.17. The van der Waals surface area contributed by atoms with Crippen molar-refractivity contribution in [3.8, 4) is 0 Å². The van der Waals surface area contributed by atoms with Gasteiger partial charge in [-0.2, -0.15) is 0 Å². The van der Waals surface area contributed by atoms with E-state index in [9.17, 15) is 0 Å². The van der Waals surface area contributed by atoms with E-state index in [0.717, 1.165) is 11.3 Å². The van der Waals surface area contributed by atoms with Crippen LogP contribution in [0, 0.1) is 0 Å². The Hall–Kier alpha value is -2.04. The first-order valence-electron chi connectivity index (χ1n) is 7.48. The number of guanidine groups is 1. The predicted molar refractivity (Wildman–Crippen MR) is 86.2 cm³/mol. The Labute approximate surface area is 125 Å². The molecule has 1 aliphatic carbocycles. The molecule has 5 heteroatoms. The van der Waals surface area contributed by atoms with E-state index in [-0.39, 0.29) is 5.54 Å². The van der Waals surface area contributed by atoms with Crippen LogP contribution in [0.5, 0.6) is 0 Å². The molecule has 112 valence electrons. The second-order valence-electron chi connectivity index (χ2n) is 6.69. The summed E-state index contributed by atoms with van der Waals surface area (Å²) < 4.78 is 2.32. The van der Waals surface area contributed by atoms with Crippen molar-refractivity contribution in [2.24, 2.45) is 10.7 Å². The second kappa shape index (κ2) is 5.06. The molecule has 3 N–H and O–H groups in total. The molecule has 0 atom stereocenters. The Balaban J connectivity index is 1.87. The fraction of sp³-hybridized carbons (Fsp3) is 0.500. The van der Waals surface area contributed by atoms with E-state index in [1.54, 1.807) is 0 Å². The number of nitrogens with zero attached hydrogens (tertiary/aromatic N) is 3. The van der Waals surface area contributed by atoms with Crippen LogP contribution in [0.2, 0.25) is 0 Å². The Morgan fingerprint density at radius 2 is 2.10 bits per heavy atom. The topological polar surface area (TPSA) is 68.2 Å². The summed E-state index contributed by atoms with van der Waals surface area (Å²) in [7, 11) is 0. The first-order valence-corrected chi connectivity index (χ1v) is 7.48. The molecule has 0 bridgehead atoms. The lowest BCUT2D eigenvalue weighted by Crippen LogP contribution is -2.45. The largest absolute Gasteiger partial charge is 0.370 e. The van der Waals surface area contributed by atoms with Gasteiger partial charge in [-0.3, -0.25) is 0 Å². The van der Waals surface area contributed by atoms with Crippen LogP contribution in [-0.2, 0) is 6.54 Å². The average Bonchev–Trinajstić information content (AvgIpc) is 3.15. The highest BCUT2D eigenvalue weighted by molar-refractivity contribution is 5.79. The van der Waals surface area contributed by atoms with E-state index in [2.05, 4.69) is 53.8 Å². The number of rotatable bonds is 3. The Bertz CT molecular complexity index is 674. The van der Waals surface area contributed by atoms with E-state index < -0.39 is 0 Å². The molecule has 1 aliphatic rings. The van der Waals surface area contributed by atoms with Gasteiger partial charge in [-0.15, -0.1) is 0 Å². The van der Waals surface area contributed by atoms with Gasteiger partial charge in [0.15, 0.2) is 5.96 Å². The lowest BCUT2D eigenvalue weighted by Gasteiger charge is -2.21. The number of benzene rings is 1. The maximum absolute atomic E-state index is 5.95. The van der Waals surface area contributed by atoms with Crippen LogP contribution in [0.3, 0.4) is 0 Å². The van der Waals surface area contributed by atoms with E-state index in [1.165, 1.54) is 18.4 Å². The normalized spacial score (nSPS) is 16.4. The number of hydrogen-bond donors (Lipinski definition) is 2. The molecule has 0 unspecified atom stereocenters. The fourth-order valence-corrected chi connectivity index (χ4v) is 2.53. The van der Waals surface area contributed by atoms with Crippen LogP contribution in [0.4, 0.5) is 0 Å². The summed E-state index contributed by atoms with van der Waals surface area (Å²) in [6, 6.07) is 8.85. The zero-order valence-electron chi connectivity index (χ0n) is 12.9. The standard InChI is InChI=1S/C16H23N5/c1-16(2,3)20-15(17)18-10-14-19-12-6-4-5-7-13(12)21(14)11-8-9-11/h4-7,11H,8-10H2,1-3H3,(H3,17,18,20). The molecule has 1 aromatic heterocycles. The van der Waals surface area contributed by atoms with Crippen LogP contribution < -0.4 is 11.1 Å². The number of hydrogen-bond acceptors (Lipinski definition) is 2. The van der Waals surface area contributed by atoms with Crippen molar-refractivity contribution < 1.29 is 0 Å². The van der Waals surface area contributed by atoms with Crippen molar-refractivity contribution in [1.82, 2.24) is 14.9 Å².